The van der Waals surface area contributed by atoms with E-state index in [1.165, 1.54) is 24.8 Å². The Hall–Kier alpha value is -3.60. The van der Waals surface area contributed by atoms with Crippen LogP contribution in [-0.2, 0) is 13.0 Å². The number of nitrogens with zero attached hydrogens (tertiary/aromatic N) is 2. The van der Waals surface area contributed by atoms with Crippen molar-refractivity contribution in [3.8, 4) is 5.75 Å². The summed E-state index contributed by atoms with van der Waals surface area (Å²) in [6.07, 6.45) is 8.57. The van der Waals surface area contributed by atoms with Crippen LogP contribution in [0.3, 0.4) is 0 Å². The number of amides is 2. The Morgan fingerprint density at radius 2 is 1.55 bits per heavy atom. The lowest BCUT2D eigenvalue weighted by atomic mass is 10.0. The molecule has 5 nitrogen and oxygen atoms in total. The van der Waals surface area contributed by atoms with Gasteiger partial charge in [-0.2, -0.15) is 0 Å². The number of para-hydroxylation sites is 1. The molecule has 3 aromatic carbocycles. The van der Waals surface area contributed by atoms with Crippen molar-refractivity contribution in [3.63, 3.8) is 0 Å². The Kier molecular flexibility index (Phi) is 9.97. The van der Waals surface area contributed by atoms with Crippen molar-refractivity contribution in [3.05, 3.63) is 95.1 Å². The van der Waals surface area contributed by atoms with Crippen LogP contribution in [0.1, 0.15) is 83.7 Å². The van der Waals surface area contributed by atoms with E-state index in [-0.39, 0.29) is 11.8 Å². The van der Waals surface area contributed by atoms with Crippen molar-refractivity contribution in [2.24, 2.45) is 0 Å². The first-order valence-electron chi connectivity index (χ1n) is 14.0. The number of methoxy groups -OCH3 is 1. The van der Waals surface area contributed by atoms with Gasteiger partial charge in [0.2, 0.25) is 0 Å². The van der Waals surface area contributed by atoms with Crippen LogP contribution in [-0.4, -0.2) is 36.9 Å². The van der Waals surface area contributed by atoms with Crippen molar-refractivity contribution in [2.45, 2.75) is 64.8 Å². The fraction of sp³-hybridized carbons (Fsp3) is 0.394. The summed E-state index contributed by atoms with van der Waals surface area (Å²) in [5.74, 6) is 0.659. The number of fused-ring (bicyclic) bond motifs is 1. The second-order valence-electron chi connectivity index (χ2n) is 10.1. The fourth-order valence-corrected chi connectivity index (χ4v) is 5.11. The van der Waals surface area contributed by atoms with Gasteiger partial charge in [-0.15, -0.1) is 0 Å². The Morgan fingerprint density at radius 1 is 0.789 bits per heavy atom. The van der Waals surface area contributed by atoms with Gasteiger partial charge in [-0.3, -0.25) is 9.59 Å². The molecule has 5 heteroatoms. The molecule has 1 aliphatic rings. The maximum atomic E-state index is 13.7. The highest BCUT2D eigenvalue weighted by atomic mass is 16.5. The van der Waals surface area contributed by atoms with Crippen LogP contribution < -0.4 is 9.64 Å². The zero-order valence-electron chi connectivity index (χ0n) is 22.8. The van der Waals surface area contributed by atoms with Crippen molar-refractivity contribution in [1.82, 2.24) is 4.90 Å². The van der Waals surface area contributed by atoms with E-state index < -0.39 is 0 Å². The molecule has 0 N–H and O–H groups in total. The van der Waals surface area contributed by atoms with Crippen LogP contribution in [0.2, 0.25) is 0 Å². The number of hydrogen-bond acceptors (Lipinski definition) is 3. The molecule has 1 heterocycles. The van der Waals surface area contributed by atoms with Gasteiger partial charge in [-0.1, -0.05) is 69.0 Å². The smallest absolute Gasteiger partial charge is 0.258 e. The first-order chi connectivity index (χ1) is 18.6. The SMILES string of the molecule is CCCCCc1ccc(C(=O)N2CCCCCCN(C(=O)c3cccc(OC)c3)c3ccccc3C2)cc1. The third kappa shape index (κ3) is 7.03. The van der Waals surface area contributed by atoms with Crippen LogP contribution in [0.15, 0.2) is 72.8 Å². The third-order valence-electron chi connectivity index (χ3n) is 7.32. The Morgan fingerprint density at radius 3 is 2.32 bits per heavy atom. The summed E-state index contributed by atoms with van der Waals surface area (Å²) < 4.78 is 5.36. The molecule has 0 atom stereocenters. The van der Waals surface area contributed by atoms with Gasteiger partial charge in [0.25, 0.3) is 11.8 Å². The molecule has 38 heavy (non-hydrogen) atoms. The van der Waals surface area contributed by atoms with Crippen LogP contribution >= 0.6 is 0 Å². The molecule has 200 valence electrons. The summed E-state index contributed by atoms with van der Waals surface area (Å²) in [7, 11) is 1.61. The molecule has 2 amide bonds. The minimum absolute atomic E-state index is 0.0461. The molecule has 0 saturated carbocycles. The molecule has 0 aliphatic carbocycles. The zero-order chi connectivity index (χ0) is 26.7. The van der Waals surface area contributed by atoms with Gasteiger partial charge in [0, 0.05) is 36.4 Å². The number of hydrogen-bond donors (Lipinski definition) is 0. The lowest BCUT2D eigenvalue weighted by molar-refractivity contribution is 0.0740. The highest BCUT2D eigenvalue weighted by molar-refractivity contribution is 6.06. The summed E-state index contributed by atoms with van der Waals surface area (Å²) in [6.45, 7) is 4.02. The van der Waals surface area contributed by atoms with E-state index in [2.05, 4.69) is 19.1 Å². The molecule has 0 saturated heterocycles. The summed E-state index contributed by atoms with van der Waals surface area (Å²) in [5.41, 5.74) is 4.45. The van der Waals surface area contributed by atoms with Gasteiger partial charge in [0.15, 0.2) is 0 Å². The standard InChI is InChI=1S/C33H40N2O3/c1-3-4-7-13-26-18-20-27(21-19-26)32(36)34-22-10-5-6-11-23-35(31-17-9-8-14-29(31)25-34)33(37)28-15-12-16-30(24-28)38-2/h8-9,12,14-21,24H,3-7,10-11,13,22-23,25H2,1-2H3. The van der Waals surface area contributed by atoms with E-state index in [9.17, 15) is 9.59 Å². The van der Waals surface area contributed by atoms with Gasteiger partial charge in [0.1, 0.15) is 5.75 Å². The van der Waals surface area contributed by atoms with Crippen LogP contribution in [0.25, 0.3) is 0 Å². The normalized spacial score (nSPS) is 14.4. The van der Waals surface area contributed by atoms with Crippen molar-refractivity contribution < 1.29 is 14.3 Å². The minimum atomic E-state index is -0.0489. The Labute approximate surface area is 227 Å². The first-order valence-corrected chi connectivity index (χ1v) is 14.0. The monoisotopic (exact) mass is 512 g/mol. The van der Waals surface area contributed by atoms with Crippen molar-refractivity contribution in [1.29, 1.82) is 0 Å². The molecule has 0 bridgehead atoms. The van der Waals surface area contributed by atoms with Crippen molar-refractivity contribution in [2.75, 3.05) is 25.1 Å². The zero-order valence-corrected chi connectivity index (χ0v) is 22.8. The van der Waals surface area contributed by atoms with Crippen molar-refractivity contribution >= 4 is 17.5 Å². The summed E-state index contributed by atoms with van der Waals surface area (Å²) in [4.78, 5) is 31.2. The maximum Gasteiger partial charge on any atom is 0.258 e. The second-order valence-corrected chi connectivity index (χ2v) is 10.1. The topological polar surface area (TPSA) is 49.9 Å². The van der Waals surface area contributed by atoms with Crippen LogP contribution in [0.4, 0.5) is 5.69 Å². The predicted octanol–water partition coefficient (Wildman–Crippen LogP) is 7.29. The molecule has 1 aliphatic heterocycles. The number of benzene rings is 3. The largest absolute Gasteiger partial charge is 0.497 e. The summed E-state index contributed by atoms with van der Waals surface area (Å²) >= 11 is 0. The molecule has 3 aromatic rings. The molecule has 0 fully saturated rings. The molecule has 0 radical (unpaired) electrons. The molecule has 0 unspecified atom stereocenters. The number of unbranched alkanes of at least 4 members (excludes halogenated alkanes) is 2. The van der Waals surface area contributed by atoms with E-state index in [1.807, 2.05) is 64.4 Å². The minimum Gasteiger partial charge on any atom is -0.497 e. The lowest BCUT2D eigenvalue weighted by Crippen LogP contribution is -2.35. The highest BCUT2D eigenvalue weighted by Gasteiger charge is 2.24. The van der Waals surface area contributed by atoms with Gasteiger partial charge >= 0.3 is 0 Å². The van der Waals surface area contributed by atoms with Gasteiger partial charge in [-0.25, -0.2) is 0 Å². The molecular weight excluding hydrogens is 472 g/mol. The third-order valence-corrected chi connectivity index (χ3v) is 7.32. The van der Waals surface area contributed by atoms with E-state index in [0.29, 0.717) is 30.9 Å². The maximum absolute atomic E-state index is 13.7. The van der Waals surface area contributed by atoms with Gasteiger partial charge < -0.3 is 14.5 Å². The number of rotatable bonds is 7. The molecule has 0 spiro atoms. The average molecular weight is 513 g/mol. The fourth-order valence-electron chi connectivity index (χ4n) is 5.11. The van der Waals surface area contributed by atoms with Gasteiger partial charge in [0.05, 0.1) is 7.11 Å². The van der Waals surface area contributed by atoms with E-state index in [0.717, 1.165) is 48.9 Å². The predicted molar refractivity (Wildman–Crippen MR) is 154 cm³/mol. The number of anilines is 1. The molecule has 0 aromatic heterocycles. The quantitative estimate of drug-likeness (QED) is 0.312. The van der Waals surface area contributed by atoms with E-state index in [4.69, 9.17) is 4.74 Å². The average Bonchev–Trinajstić information content (AvgIpc) is 3.00. The lowest BCUT2D eigenvalue weighted by Gasteiger charge is -2.28. The van der Waals surface area contributed by atoms with E-state index >= 15 is 0 Å². The first kappa shape index (κ1) is 27.4. The molecular formula is C33H40N2O3. The highest BCUT2D eigenvalue weighted by Crippen LogP contribution is 2.27. The van der Waals surface area contributed by atoms with Crippen LogP contribution in [0, 0.1) is 0 Å². The number of ether oxygens (including phenoxy) is 1. The number of carbonyl (C=O) groups excluding carboxylic acids is 2. The second kappa shape index (κ2) is 13.8. The van der Waals surface area contributed by atoms with E-state index in [1.54, 1.807) is 13.2 Å². The Balaban J connectivity index is 1.59. The number of aryl methyl sites for hydroxylation is 1. The summed E-state index contributed by atoms with van der Waals surface area (Å²) in [5, 5.41) is 0. The summed E-state index contributed by atoms with van der Waals surface area (Å²) in [6, 6.07) is 23.4. The Bertz CT molecular complexity index is 1200. The number of carbonyl (C=O) groups is 2. The molecule has 4 rings (SSSR count). The van der Waals surface area contributed by atoms with Gasteiger partial charge in [-0.05, 0) is 73.2 Å². The van der Waals surface area contributed by atoms with Crippen LogP contribution in [0.5, 0.6) is 5.75 Å².